The molecule has 2 aromatic heterocycles. The topological polar surface area (TPSA) is 93.9 Å². The van der Waals surface area contributed by atoms with E-state index in [1.807, 2.05) is 20.0 Å². The van der Waals surface area contributed by atoms with E-state index >= 15 is 0 Å². The normalized spacial score (nSPS) is 14.4. The number of benzene rings is 1. The van der Waals surface area contributed by atoms with Gasteiger partial charge in [-0.15, -0.1) is 0 Å². The third-order valence-electron chi connectivity index (χ3n) is 4.99. The molecule has 1 fully saturated rings. The van der Waals surface area contributed by atoms with E-state index in [1.54, 1.807) is 35.0 Å². The first-order valence-electron chi connectivity index (χ1n) is 9.27. The van der Waals surface area contributed by atoms with Crippen molar-refractivity contribution in [2.24, 2.45) is 7.05 Å². The van der Waals surface area contributed by atoms with Crippen LogP contribution in [0.15, 0.2) is 41.3 Å². The van der Waals surface area contributed by atoms with Gasteiger partial charge < -0.3 is 5.32 Å². The monoisotopic (exact) mass is 398 g/mol. The number of fused-ring (bicyclic) bond motifs is 1. The SMILES string of the molecule is Cc1nn(C)c2nc(C3CC3)cc(C(=O)NCCS(=O)(=O)c3ccccc3)c12. The Morgan fingerprint density at radius 3 is 2.64 bits per heavy atom. The number of amides is 1. The van der Waals surface area contributed by atoms with Crippen LogP contribution in [0.2, 0.25) is 0 Å². The van der Waals surface area contributed by atoms with Crippen LogP contribution in [-0.2, 0) is 16.9 Å². The number of rotatable bonds is 6. The van der Waals surface area contributed by atoms with Crippen molar-refractivity contribution >= 4 is 26.8 Å². The van der Waals surface area contributed by atoms with Gasteiger partial charge in [-0.3, -0.25) is 9.48 Å². The molecular weight excluding hydrogens is 376 g/mol. The fourth-order valence-corrected chi connectivity index (χ4v) is 4.55. The van der Waals surface area contributed by atoms with Crippen molar-refractivity contribution in [1.29, 1.82) is 0 Å². The molecule has 146 valence electrons. The standard InChI is InChI=1S/C20H22N4O3S/c1-13-18-16(12-17(14-8-9-14)22-19(18)24(2)23-13)20(25)21-10-11-28(26,27)15-6-4-3-5-7-15/h3-7,12,14H,8-11H2,1-2H3,(H,21,25). The molecule has 1 aliphatic rings. The van der Waals surface area contributed by atoms with Crippen LogP contribution in [0.5, 0.6) is 0 Å². The Morgan fingerprint density at radius 2 is 1.96 bits per heavy atom. The van der Waals surface area contributed by atoms with Gasteiger partial charge in [0.25, 0.3) is 5.91 Å². The Balaban J connectivity index is 1.56. The Labute approximate surface area is 163 Å². The van der Waals surface area contributed by atoms with E-state index < -0.39 is 9.84 Å². The van der Waals surface area contributed by atoms with Gasteiger partial charge in [0, 0.05) is 25.2 Å². The third-order valence-corrected chi connectivity index (χ3v) is 6.72. The van der Waals surface area contributed by atoms with E-state index in [1.165, 1.54) is 0 Å². The second-order valence-corrected chi connectivity index (χ2v) is 9.27. The van der Waals surface area contributed by atoms with Gasteiger partial charge in [-0.1, -0.05) is 18.2 Å². The van der Waals surface area contributed by atoms with Gasteiger partial charge in [0.05, 0.1) is 27.3 Å². The zero-order chi connectivity index (χ0) is 19.9. The number of hydrogen-bond donors (Lipinski definition) is 1. The van der Waals surface area contributed by atoms with Crippen molar-refractivity contribution in [2.75, 3.05) is 12.3 Å². The van der Waals surface area contributed by atoms with Crippen LogP contribution in [0.25, 0.3) is 11.0 Å². The molecule has 0 saturated heterocycles. The number of carbonyl (C=O) groups is 1. The number of hydrogen-bond acceptors (Lipinski definition) is 5. The lowest BCUT2D eigenvalue weighted by Crippen LogP contribution is -2.29. The van der Waals surface area contributed by atoms with Crippen molar-refractivity contribution in [3.05, 3.63) is 53.3 Å². The second kappa shape index (κ2) is 7.01. The van der Waals surface area contributed by atoms with Crippen LogP contribution in [0.4, 0.5) is 0 Å². The van der Waals surface area contributed by atoms with E-state index in [2.05, 4.69) is 15.4 Å². The Hall–Kier alpha value is -2.74. The number of aromatic nitrogens is 3. The molecule has 4 rings (SSSR count). The molecule has 1 aromatic carbocycles. The highest BCUT2D eigenvalue weighted by molar-refractivity contribution is 7.91. The highest BCUT2D eigenvalue weighted by Crippen LogP contribution is 2.40. The summed E-state index contributed by atoms with van der Waals surface area (Å²) in [7, 11) is -1.63. The Morgan fingerprint density at radius 1 is 1.25 bits per heavy atom. The third kappa shape index (κ3) is 3.52. The number of sulfone groups is 1. The summed E-state index contributed by atoms with van der Waals surface area (Å²) < 4.78 is 26.5. The lowest BCUT2D eigenvalue weighted by atomic mass is 10.1. The van der Waals surface area contributed by atoms with Crippen molar-refractivity contribution < 1.29 is 13.2 Å². The van der Waals surface area contributed by atoms with E-state index in [9.17, 15) is 13.2 Å². The molecule has 3 aromatic rings. The van der Waals surface area contributed by atoms with E-state index in [0.717, 1.165) is 29.6 Å². The highest BCUT2D eigenvalue weighted by atomic mass is 32.2. The summed E-state index contributed by atoms with van der Waals surface area (Å²) in [4.78, 5) is 17.8. The molecule has 0 bridgehead atoms. The number of aryl methyl sites for hydroxylation is 2. The molecule has 1 saturated carbocycles. The van der Waals surface area contributed by atoms with Crippen molar-refractivity contribution in [3.8, 4) is 0 Å². The van der Waals surface area contributed by atoms with Gasteiger partial charge in [-0.2, -0.15) is 5.10 Å². The minimum Gasteiger partial charge on any atom is -0.351 e. The zero-order valence-corrected chi connectivity index (χ0v) is 16.7. The van der Waals surface area contributed by atoms with Gasteiger partial charge in [0.1, 0.15) is 0 Å². The van der Waals surface area contributed by atoms with E-state index in [4.69, 9.17) is 0 Å². The van der Waals surface area contributed by atoms with E-state index in [-0.39, 0.29) is 23.1 Å². The predicted molar refractivity (Wildman–Crippen MR) is 106 cm³/mol. The number of nitrogens with zero attached hydrogens (tertiary/aromatic N) is 3. The van der Waals surface area contributed by atoms with Gasteiger partial charge in [-0.05, 0) is 38.0 Å². The van der Waals surface area contributed by atoms with Crippen molar-refractivity contribution in [1.82, 2.24) is 20.1 Å². The van der Waals surface area contributed by atoms with Crippen molar-refractivity contribution in [2.45, 2.75) is 30.6 Å². The summed E-state index contributed by atoms with van der Waals surface area (Å²) in [6, 6.07) is 10.1. The molecule has 0 spiro atoms. The maximum Gasteiger partial charge on any atom is 0.252 e. The first-order chi connectivity index (χ1) is 13.4. The molecule has 1 N–H and O–H groups in total. The zero-order valence-electron chi connectivity index (χ0n) is 15.8. The molecule has 0 atom stereocenters. The summed E-state index contributed by atoms with van der Waals surface area (Å²) in [5.74, 6) is -0.0587. The largest absolute Gasteiger partial charge is 0.351 e. The Kier molecular flexibility index (Phi) is 4.66. The molecule has 0 unspecified atom stereocenters. The number of pyridine rings is 1. The molecule has 8 heteroatoms. The summed E-state index contributed by atoms with van der Waals surface area (Å²) in [6.45, 7) is 1.88. The average Bonchev–Trinajstić information content (AvgIpc) is 3.48. The van der Waals surface area contributed by atoms with Crippen LogP contribution >= 0.6 is 0 Å². The summed E-state index contributed by atoms with van der Waals surface area (Å²) >= 11 is 0. The van der Waals surface area contributed by atoms with Crippen molar-refractivity contribution in [3.63, 3.8) is 0 Å². The minimum absolute atomic E-state index is 0.0396. The summed E-state index contributed by atoms with van der Waals surface area (Å²) in [5.41, 5.74) is 2.82. The highest BCUT2D eigenvalue weighted by Gasteiger charge is 2.28. The van der Waals surface area contributed by atoms with Gasteiger partial charge in [0.15, 0.2) is 15.5 Å². The molecule has 28 heavy (non-hydrogen) atoms. The van der Waals surface area contributed by atoms with E-state index in [0.29, 0.717) is 17.1 Å². The predicted octanol–water partition coefficient (Wildman–Crippen LogP) is 2.36. The Bertz CT molecular complexity index is 1150. The number of carbonyl (C=O) groups excluding carboxylic acids is 1. The molecule has 1 aliphatic carbocycles. The minimum atomic E-state index is -3.44. The van der Waals surface area contributed by atoms with Crippen LogP contribution in [0.3, 0.4) is 0 Å². The van der Waals surface area contributed by atoms with Crippen LogP contribution in [0, 0.1) is 6.92 Å². The molecule has 7 nitrogen and oxygen atoms in total. The first kappa shape index (κ1) is 18.6. The maximum absolute atomic E-state index is 12.9. The molecule has 1 amide bonds. The first-order valence-corrected chi connectivity index (χ1v) is 10.9. The summed E-state index contributed by atoms with van der Waals surface area (Å²) in [5, 5.41) is 7.87. The molecule has 2 heterocycles. The van der Waals surface area contributed by atoms with Gasteiger partial charge in [-0.25, -0.2) is 13.4 Å². The van der Waals surface area contributed by atoms with Crippen LogP contribution in [0.1, 0.15) is 40.5 Å². The quantitative estimate of drug-likeness (QED) is 0.688. The fraction of sp³-hybridized carbons (Fsp3) is 0.350. The van der Waals surface area contributed by atoms with Gasteiger partial charge in [0.2, 0.25) is 0 Å². The maximum atomic E-state index is 12.9. The van der Waals surface area contributed by atoms with Gasteiger partial charge >= 0.3 is 0 Å². The average molecular weight is 398 g/mol. The van der Waals surface area contributed by atoms with Crippen LogP contribution < -0.4 is 5.32 Å². The second-order valence-electron chi connectivity index (χ2n) is 7.16. The summed E-state index contributed by atoms with van der Waals surface area (Å²) in [6.07, 6.45) is 2.15. The molecule has 0 radical (unpaired) electrons. The van der Waals surface area contributed by atoms with Crippen LogP contribution in [-0.4, -0.2) is 41.4 Å². The smallest absolute Gasteiger partial charge is 0.252 e. The molecule has 0 aliphatic heterocycles. The lowest BCUT2D eigenvalue weighted by Gasteiger charge is -2.09. The fourth-order valence-electron chi connectivity index (χ4n) is 3.37. The molecular formula is C20H22N4O3S. The number of nitrogens with one attached hydrogen (secondary N) is 1. The lowest BCUT2D eigenvalue weighted by molar-refractivity contribution is 0.0957.